The number of ether oxygens (including phenoxy) is 2. The zero-order valence-electron chi connectivity index (χ0n) is 16.2. The molecule has 5 heteroatoms. The van der Waals surface area contributed by atoms with Gasteiger partial charge in [0, 0.05) is 38.3 Å². The third-order valence-electron chi connectivity index (χ3n) is 5.34. The molecule has 0 amide bonds. The smallest absolute Gasteiger partial charge is 0.119 e. The highest BCUT2D eigenvalue weighted by Gasteiger charge is 2.22. The van der Waals surface area contributed by atoms with Crippen LogP contribution in [0.25, 0.3) is 0 Å². The molecule has 1 aliphatic rings. The van der Waals surface area contributed by atoms with Crippen molar-refractivity contribution in [3.8, 4) is 5.75 Å². The minimum absolute atomic E-state index is 0.231. The molecule has 0 saturated carbocycles. The molecule has 0 bridgehead atoms. The van der Waals surface area contributed by atoms with Gasteiger partial charge in [-0.1, -0.05) is 26.0 Å². The maximum absolute atomic E-state index is 6.42. The van der Waals surface area contributed by atoms with Gasteiger partial charge in [0.2, 0.25) is 0 Å². The summed E-state index contributed by atoms with van der Waals surface area (Å²) in [7, 11) is 2.18. The van der Waals surface area contributed by atoms with E-state index in [0.29, 0.717) is 13.2 Å². The van der Waals surface area contributed by atoms with Crippen LogP contribution in [0.1, 0.15) is 32.3 Å². The second-order valence-electron chi connectivity index (χ2n) is 6.99. The normalized spacial score (nSPS) is 17.0. The molecule has 0 aliphatic carbocycles. The van der Waals surface area contributed by atoms with Crippen molar-refractivity contribution in [1.82, 2.24) is 9.80 Å². The van der Waals surface area contributed by atoms with Gasteiger partial charge in [0.1, 0.15) is 12.4 Å². The number of hydrogen-bond donors (Lipinski definition) is 1. The van der Waals surface area contributed by atoms with E-state index < -0.39 is 0 Å². The molecule has 1 aliphatic heterocycles. The third kappa shape index (κ3) is 6.26. The van der Waals surface area contributed by atoms with E-state index in [9.17, 15) is 0 Å². The van der Waals surface area contributed by atoms with E-state index in [4.69, 9.17) is 15.2 Å². The van der Waals surface area contributed by atoms with Crippen molar-refractivity contribution >= 4 is 0 Å². The Bertz CT molecular complexity index is 480. The van der Waals surface area contributed by atoms with Crippen LogP contribution in [0.4, 0.5) is 0 Å². The molecule has 25 heavy (non-hydrogen) atoms. The highest BCUT2D eigenvalue weighted by Crippen LogP contribution is 2.27. The minimum Gasteiger partial charge on any atom is -0.491 e. The van der Waals surface area contributed by atoms with E-state index in [0.717, 1.165) is 57.9 Å². The zero-order chi connectivity index (χ0) is 18.1. The first-order valence-electron chi connectivity index (χ1n) is 9.58. The molecule has 142 valence electrons. The molecule has 2 rings (SSSR count). The van der Waals surface area contributed by atoms with Crippen LogP contribution in [0.5, 0.6) is 5.75 Å². The predicted octanol–water partition coefficient (Wildman–Crippen LogP) is 2.30. The molecule has 0 aromatic heterocycles. The minimum atomic E-state index is -0.231. The van der Waals surface area contributed by atoms with Crippen LogP contribution < -0.4 is 10.5 Å². The molecule has 1 aromatic carbocycles. The maximum Gasteiger partial charge on any atom is 0.119 e. The van der Waals surface area contributed by atoms with Crippen LogP contribution in [0.2, 0.25) is 0 Å². The van der Waals surface area contributed by atoms with Crippen LogP contribution >= 0.6 is 0 Å². The fraction of sp³-hybridized carbons (Fsp3) is 0.700. The number of rotatable bonds is 10. The topological polar surface area (TPSA) is 51.0 Å². The van der Waals surface area contributed by atoms with Gasteiger partial charge in [-0.25, -0.2) is 0 Å². The third-order valence-corrected chi connectivity index (χ3v) is 5.34. The monoisotopic (exact) mass is 349 g/mol. The Morgan fingerprint density at radius 2 is 1.60 bits per heavy atom. The zero-order valence-corrected chi connectivity index (χ0v) is 16.2. The lowest BCUT2D eigenvalue weighted by atomic mass is 9.86. The van der Waals surface area contributed by atoms with Gasteiger partial charge in [0.15, 0.2) is 0 Å². The van der Waals surface area contributed by atoms with Gasteiger partial charge < -0.3 is 20.1 Å². The summed E-state index contributed by atoms with van der Waals surface area (Å²) in [6, 6.07) is 8.17. The SMILES string of the molecule is CCC(N)(CC)c1ccc(OCCOCCN2CCN(C)CC2)cc1. The highest BCUT2D eigenvalue weighted by molar-refractivity contribution is 5.31. The summed E-state index contributed by atoms with van der Waals surface area (Å²) in [5.74, 6) is 0.876. The summed E-state index contributed by atoms with van der Waals surface area (Å²) in [6.45, 7) is 11.8. The van der Waals surface area contributed by atoms with Crippen LogP contribution in [-0.4, -0.2) is 69.4 Å². The highest BCUT2D eigenvalue weighted by atomic mass is 16.5. The van der Waals surface area contributed by atoms with Crippen molar-refractivity contribution in [1.29, 1.82) is 0 Å². The Hall–Kier alpha value is -1.14. The van der Waals surface area contributed by atoms with E-state index in [1.807, 2.05) is 12.1 Å². The molecule has 0 radical (unpaired) electrons. The van der Waals surface area contributed by atoms with Crippen molar-refractivity contribution in [2.75, 3.05) is 59.6 Å². The quantitative estimate of drug-likeness (QED) is 0.657. The Morgan fingerprint density at radius 3 is 2.20 bits per heavy atom. The molecule has 0 atom stereocenters. The van der Waals surface area contributed by atoms with Crippen LogP contribution in [-0.2, 0) is 10.3 Å². The van der Waals surface area contributed by atoms with Crippen molar-refractivity contribution < 1.29 is 9.47 Å². The van der Waals surface area contributed by atoms with Crippen LogP contribution in [0.15, 0.2) is 24.3 Å². The molecule has 5 nitrogen and oxygen atoms in total. The Morgan fingerprint density at radius 1 is 0.960 bits per heavy atom. The maximum atomic E-state index is 6.42. The van der Waals surface area contributed by atoms with Crippen molar-refractivity contribution in [2.24, 2.45) is 5.73 Å². The first-order chi connectivity index (χ1) is 12.1. The van der Waals surface area contributed by atoms with Gasteiger partial charge in [-0.05, 0) is 37.6 Å². The van der Waals surface area contributed by atoms with Gasteiger partial charge >= 0.3 is 0 Å². The summed E-state index contributed by atoms with van der Waals surface area (Å²) >= 11 is 0. The number of piperazine rings is 1. The lowest BCUT2D eigenvalue weighted by molar-refractivity contribution is 0.0658. The second kappa shape index (κ2) is 10.1. The van der Waals surface area contributed by atoms with Gasteiger partial charge in [0.05, 0.1) is 13.2 Å². The second-order valence-corrected chi connectivity index (χ2v) is 6.99. The largest absolute Gasteiger partial charge is 0.491 e. The number of likely N-dealkylation sites (N-methyl/N-ethyl adjacent to an activating group) is 1. The molecule has 1 fully saturated rings. The lowest BCUT2D eigenvalue weighted by Crippen LogP contribution is -2.45. The van der Waals surface area contributed by atoms with Crippen LogP contribution in [0.3, 0.4) is 0 Å². The van der Waals surface area contributed by atoms with Crippen molar-refractivity contribution in [3.05, 3.63) is 29.8 Å². The van der Waals surface area contributed by atoms with E-state index in [1.54, 1.807) is 0 Å². The van der Waals surface area contributed by atoms with E-state index >= 15 is 0 Å². The van der Waals surface area contributed by atoms with E-state index in [2.05, 4.69) is 42.8 Å². The van der Waals surface area contributed by atoms with Crippen molar-refractivity contribution in [3.63, 3.8) is 0 Å². The molecule has 0 spiro atoms. The number of nitrogens with zero attached hydrogens (tertiary/aromatic N) is 2. The molecule has 1 saturated heterocycles. The Labute approximate surface area is 153 Å². The Balaban J connectivity index is 1.60. The molecule has 1 aromatic rings. The van der Waals surface area contributed by atoms with E-state index in [1.165, 1.54) is 5.56 Å². The summed E-state index contributed by atoms with van der Waals surface area (Å²) in [5, 5.41) is 0. The lowest BCUT2D eigenvalue weighted by Gasteiger charge is -2.32. The standard InChI is InChI=1S/C20H35N3O2/c1-4-20(21,5-2)18-6-8-19(9-7-18)25-17-16-24-15-14-23-12-10-22(3)11-13-23/h6-9H,4-5,10-17,21H2,1-3H3. The number of nitrogens with two attached hydrogens (primary N) is 1. The van der Waals surface area contributed by atoms with Gasteiger partial charge in [0.25, 0.3) is 0 Å². The molecular formula is C20H35N3O2. The first kappa shape index (κ1) is 20.2. The molecule has 2 N–H and O–H groups in total. The summed E-state index contributed by atoms with van der Waals surface area (Å²) in [4.78, 5) is 4.83. The molecule has 0 unspecified atom stereocenters. The predicted molar refractivity (Wildman–Crippen MR) is 103 cm³/mol. The Kier molecular flexibility index (Phi) is 8.16. The van der Waals surface area contributed by atoms with E-state index in [-0.39, 0.29) is 5.54 Å². The average molecular weight is 350 g/mol. The summed E-state index contributed by atoms with van der Waals surface area (Å²) in [6.07, 6.45) is 1.87. The van der Waals surface area contributed by atoms with Gasteiger partial charge in [-0.3, -0.25) is 4.90 Å². The number of hydrogen-bond acceptors (Lipinski definition) is 5. The average Bonchev–Trinajstić information content (AvgIpc) is 2.66. The summed E-state index contributed by atoms with van der Waals surface area (Å²) in [5.41, 5.74) is 7.37. The molecule has 1 heterocycles. The summed E-state index contributed by atoms with van der Waals surface area (Å²) < 4.78 is 11.5. The van der Waals surface area contributed by atoms with Crippen molar-refractivity contribution in [2.45, 2.75) is 32.2 Å². The fourth-order valence-electron chi connectivity index (χ4n) is 3.13. The number of benzene rings is 1. The van der Waals surface area contributed by atoms with Gasteiger partial charge in [-0.15, -0.1) is 0 Å². The van der Waals surface area contributed by atoms with Crippen LogP contribution in [0, 0.1) is 0 Å². The fourth-order valence-corrected chi connectivity index (χ4v) is 3.13. The molecular weight excluding hydrogens is 314 g/mol. The van der Waals surface area contributed by atoms with Gasteiger partial charge in [-0.2, -0.15) is 0 Å². The first-order valence-corrected chi connectivity index (χ1v) is 9.58.